The molecule has 0 bridgehead atoms. The second-order valence-corrected chi connectivity index (χ2v) is 9.06. The lowest BCUT2D eigenvalue weighted by molar-refractivity contribution is -0.132. The summed E-state index contributed by atoms with van der Waals surface area (Å²) >= 11 is 0. The molecule has 0 aromatic heterocycles. The summed E-state index contributed by atoms with van der Waals surface area (Å²) in [6.45, 7) is 10.5. The van der Waals surface area contributed by atoms with E-state index >= 15 is 0 Å². The lowest BCUT2D eigenvalue weighted by Gasteiger charge is -2.58. The molecule has 0 spiro atoms. The Labute approximate surface area is 162 Å². The summed E-state index contributed by atoms with van der Waals surface area (Å²) < 4.78 is 5.12. The minimum absolute atomic E-state index is 0.0622. The molecular formula is C23H32O4. The van der Waals surface area contributed by atoms with E-state index in [1.807, 2.05) is 0 Å². The van der Waals surface area contributed by atoms with Crippen LogP contribution in [0.4, 0.5) is 0 Å². The van der Waals surface area contributed by atoms with Gasteiger partial charge in [-0.2, -0.15) is 0 Å². The number of hydrogen-bond donors (Lipinski definition) is 2. The van der Waals surface area contributed by atoms with E-state index in [1.54, 1.807) is 0 Å². The van der Waals surface area contributed by atoms with E-state index in [0.29, 0.717) is 23.8 Å². The number of carbonyl (C=O) groups excluding carboxylic acids is 1. The first-order valence-electron chi connectivity index (χ1n) is 9.99. The summed E-state index contributed by atoms with van der Waals surface area (Å²) in [6.07, 6.45) is 7.46. The normalized spacial score (nSPS) is 33.1. The van der Waals surface area contributed by atoms with E-state index in [-0.39, 0.29) is 28.1 Å². The van der Waals surface area contributed by atoms with Gasteiger partial charge in [0.2, 0.25) is 0 Å². The number of aromatic hydroxyl groups is 2. The van der Waals surface area contributed by atoms with Gasteiger partial charge in [-0.05, 0) is 73.8 Å². The predicted molar refractivity (Wildman–Crippen MR) is 106 cm³/mol. The minimum atomic E-state index is -0.486. The molecule has 0 saturated heterocycles. The van der Waals surface area contributed by atoms with Crippen LogP contribution in [0.15, 0.2) is 23.8 Å². The number of ether oxygens (including phenoxy) is 1. The van der Waals surface area contributed by atoms with Crippen LogP contribution in [-0.2, 0) is 11.2 Å². The van der Waals surface area contributed by atoms with Gasteiger partial charge < -0.3 is 14.9 Å². The van der Waals surface area contributed by atoms with Gasteiger partial charge in [0.05, 0.1) is 0 Å². The smallest absolute Gasteiger partial charge is 0.308 e. The molecule has 2 N–H and O–H groups in total. The van der Waals surface area contributed by atoms with Crippen molar-refractivity contribution in [1.29, 1.82) is 0 Å². The Kier molecular flexibility index (Phi) is 5.04. The first-order valence-corrected chi connectivity index (χ1v) is 9.99. The fraction of sp³-hybridized carbons (Fsp3) is 0.609. The van der Waals surface area contributed by atoms with Crippen LogP contribution < -0.4 is 4.74 Å². The third kappa shape index (κ3) is 3.24. The number of phenolic OH excluding ortho intramolecular Hbond substituents is 2. The maximum absolute atomic E-state index is 11.3. The lowest BCUT2D eigenvalue weighted by atomic mass is 9.47. The van der Waals surface area contributed by atoms with Gasteiger partial charge >= 0.3 is 5.97 Å². The van der Waals surface area contributed by atoms with Crippen molar-refractivity contribution in [2.75, 3.05) is 0 Å². The number of rotatable bonds is 3. The van der Waals surface area contributed by atoms with Crippen LogP contribution in [-0.4, -0.2) is 16.2 Å². The van der Waals surface area contributed by atoms with Crippen molar-refractivity contribution < 1.29 is 19.7 Å². The van der Waals surface area contributed by atoms with Crippen molar-refractivity contribution in [2.24, 2.45) is 22.7 Å². The third-order valence-electron chi connectivity index (χ3n) is 7.63. The molecule has 0 amide bonds. The molecule has 27 heavy (non-hydrogen) atoms. The summed E-state index contributed by atoms with van der Waals surface area (Å²) in [5.74, 6) is 0.526. The van der Waals surface area contributed by atoms with Crippen LogP contribution in [0.2, 0.25) is 0 Å². The maximum atomic E-state index is 11.3. The quantitative estimate of drug-likeness (QED) is 0.425. The van der Waals surface area contributed by atoms with E-state index < -0.39 is 5.97 Å². The summed E-state index contributed by atoms with van der Waals surface area (Å²) in [4.78, 5) is 11.3. The summed E-state index contributed by atoms with van der Waals surface area (Å²) in [5, 5.41) is 21.2. The SMILES string of the molecule is CC(=O)Oc1ccc(O)c(C[C@]2(C)[C@@H](C)CC[C@]3(C)C(C)=CCC[C@@H]23)c1O. The Hall–Kier alpha value is -1.97. The lowest BCUT2D eigenvalue weighted by Crippen LogP contribution is -2.50. The van der Waals surface area contributed by atoms with E-state index in [1.165, 1.54) is 31.1 Å². The summed E-state index contributed by atoms with van der Waals surface area (Å²) in [6, 6.07) is 2.95. The zero-order chi connectivity index (χ0) is 20.0. The van der Waals surface area contributed by atoms with Crippen molar-refractivity contribution in [3.8, 4) is 17.2 Å². The Morgan fingerprint density at radius 3 is 2.63 bits per heavy atom. The number of carbonyl (C=O) groups is 1. The van der Waals surface area contributed by atoms with E-state index in [9.17, 15) is 15.0 Å². The molecule has 4 nitrogen and oxygen atoms in total. The third-order valence-corrected chi connectivity index (χ3v) is 7.63. The molecule has 3 rings (SSSR count). The fourth-order valence-corrected chi connectivity index (χ4v) is 5.61. The predicted octanol–water partition coefficient (Wildman–Crippen LogP) is 5.36. The molecule has 148 valence electrons. The Bertz CT molecular complexity index is 781. The molecule has 1 aromatic carbocycles. The average Bonchev–Trinajstić information content (AvgIpc) is 2.60. The molecule has 0 aliphatic heterocycles. The number of allylic oxidation sites excluding steroid dienone is 2. The van der Waals surface area contributed by atoms with Crippen LogP contribution in [0.1, 0.15) is 65.9 Å². The summed E-state index contributed by atoms with van der Waals surface area (Å²) in [7, 11) is 0. The van der Waals surface area contributed by atoms with Gasteiger partial charge in [0, 0.05) is 12.5 Å². The van der Waals surface area contributed by atoms with Gasteiger partial charge in [-0.3, -0.25) is 4.79 Å². The number of hydrogen-bond acceptors (Lipinski definition) is 4. The van der Waals surface area contributed by atoms with Crippen molar-refractivity contribution >= 4 is 5.97 Å². The van der Waals surface area contributed by atoms with Crippen molar-refractivity contribution in [1.82, 2.24) is 0 Å². The van der Waals surface area contributed by atoms with Crippen LogP contribution in [0.5, 0.6) is 17.2 Å². The van der Waals surface area contributed by atoms with Gasteiger partial charge in [-0.1, -0.05) is 32.4 Å². The monoisotopic (exact) mass is 372 g/mol. The number of esters is 1. The van der Waals surface area contributed by atoms with Crippen LogP contribution in [0.3, 0.4) is 0 Å². The first kappa shape index (κ1) is 19.8. The molecule has 0 heterocycles. The zero-order valence-corrected chi connectivity index (χ0v) is 17.1. The van der Waals surface area contributed by atoms with Gasteiger partial charge in [0.25, 0.3) is 0 Å². The molecule has 2 aliphatic carbocycles. The van der Waals surface area contributed by atoms with Crippen LogP contribution in [0, 0.1) is 22.7 Å². The number of fused-ring (bicyclic) bond motifs is 1. The molecule has 0 unspecified atom stereocenters. The Morgan fingerprint density at radius 1 is 1.26 bits per heavy atom. The highest BCUT2D eigenvalue weighted by atomic mass is 16.5. The Balaban J connectivity index is 2.03. The highest BCUT2D eigenvalue weighted by Gasteiger charge is 2.53. The van der Waals surface area contributed by atoms with Crippen molar-refractivity contribution in [3.05, 3.63) is 29.3 Å². The molecule has 2 aliphatic rings. The fourth-order valence-electron chi connectivity index (χ4n) is 5.61. The van der Waals surface area contributed by atoms with Crippen LogP contribution >= 0.6 is 0 Å². The van der Waals surface area contributed by atoms with Gasteiger partial charge in [-0.15, -0.1) is 0 Å². The van der Waals surface area contributed by atoms with Gasteiger partial charge in [-0.25, -0.2) is 0 Å². The van der Waals surface area contributed by atoms with Crippen LogP contribution in [0.25, 0.3) is 0 Å². The molecule has 1 fully saturated rings. The highest BCUT2D eigenvalue weighted by Crippen LogP contribution is 2.62. The molecule has 1 aromatic rings. The first-order chi connectivity index (χ1) is 12.6. The zero-order valence-electron chi connectivity index (χ0n) is 17.1. The largest absolute Gasteiger partial charge is 0.508 e. The van der Waals surface area contributed by atoms with Crippen molar-refractivity contribution in [2.45, 2.75) is 66.7 Å². The van der Waals surface area contributed by atoms with E-state index in [4.69, 9.17) is 4.74 Å². The second-order valence-electron chi connectivity index (χ2n) is 9.06. The molecule has 4 atom stereocenters. The van der Waals surface area contributed by atoms with E-state index in [0.717, 1.165) is 19.3 Å². The van der Waals surface area contributed by atoms with Gasteiger partial charge in [0.15, 0.2) is 11.5 Å². The molecule has 0 radical (unpaired) electrons. The minimum Gasteiger partial charge on any atom is -0.508 e. The number of phenols is 2. The number of benzene rings is 1. The Morgan fingerprint density at radius 2 is 1.96 bits per heavy atom. The maximum Gasteiger partial charge on any atom is 0.308 e. The highest BCUT2D eigenvalue weighted by molar-refractivity contribution is 5.71. The second kappa shape index (κ2) is 6.88. The molecule has 4 heteroatoms. The summed E-state index contributed by atoms with van der Waals surface area (Å²) in [5.41, 5.74) is 2.06. The van der Waals surface area contributed by atoms with Gasteiger partial charge in [0.1, 0.15) is 5.75 Å². The topological polar surface area (TPSA) is 66.8 Å². The molecule has 1 saturated carbocycles. The van der Waals surface area contributed by atoms with Crippen molar-refractivity contribution in [3.63, 3.8) is 0 Å². The van der Waals surface area contributed by atoms with E-state index in [2.05, 4.69) is 33.8 Å². The average molecular weight is 373 g/mol. The standard InChI is InChI=1S/C23H32O4/c1-14-7-6-8-20-22(14,4)12-11-15(2)23(20,5)13-17-18(25)9-10-19(21(17)26)27-16(3)24/h7,9-10,15,20,25-26H,6,8,11-13H2,1-5H3/t15-,20+,22+,23+/m0/s1. The molecular weight excluding hydrogens is 340 g/mol.